The van der Waals surface area contributed by atoms with Gasteiger partial charge in [-0.25, -0.2) is 4.39 Å². The highest BCUT2D eigenvalue weighted by molar-refractivity contribution is 9.10. The zero-order chi connectivity index (χ0) is 27.4. The van der Waals surface area contributed by atoms with Crippen molar-refractivity contribution in [2.24, 2.45) is 0 Å². The number of ether oxygens (including phenoxy) is 3. The van der Waals surface area contributed by atoms with Gasteiger partial charge in [0.05, 0.1) is 19.9 Å². The predicted molar refractivity (Wildman–Crippen MR) is 150 cm³/mol. The highest BCUT2D eigenvalue weighted by atomic mass is 79.9. The molecule has 0 atom stereocenters. The Labute approximate surface area is 237 Å². The maximum absolute atomic E-state index is 13.5. The summed E-state index contributed by atoms with van der Waals surface area (Å²) in [4.78, 5) is 28.4. The molecule has 196 valence electrons. The minimum atomic E-state index is -0.565. The van der Waals surface area contributed by atoms with Crippen molar-refractivity contribution >= 4 is 68.5 Å². The number of benzene rings is 3. The van der Waals surface area contributed by atoms with Gasteiger partial charge < -0.3 is 19.1 Å². The lowest BCUT2D eigenvalue weighted by Crippen LogP contribution is -2.35. The Hall–Kier alpha value is -3.47. The molecule has 11 heteroatoms. The summed E-state index contributed by atoms with van der Waals surface area (Å²) in [6, 6.07) is 16.0. The molecule has 0 unspecified atom stereocenters. The van der Waals surface area contributed by atoms with Crippen LogP contribution in [-0.4, -0.2) is 42.7 Å². The van der Waals surface area contributed by atoms with Gasteiger partial charge >= 0.3 is 5.97 Å². The van der Waals surface area contributed by atoms with Crippen molar-refractivity contribution in [3.63, 3.8) is 0 Å². The number of anilines is 1. The fraction of sp³-hybridized carbons (Fsp3) is 0.148. The van der Waals surface area contributed by atoms with E-state index in [-0.39, 0.29) is 29.8 Å². The Balaban J connectivity index is 1.69. The van der Waals surface area contributed by atoms with Gasteiger partial charge in [-0.2, -0.15) is 0 Å². The number of nitrogens with zero attached hydrogens (tertiary/aromatic N) is 2. The quantitative estimate of drug-likeness (QED) is 0.175. The third kappa shape index (κ3) is 5.98. The number of hydrogen-bond acceptors (Lipinski definition) is 6. The Morgan fingerprint density at radius 3 is 2.39 bits per heavy atom. The summed E-state index contributed by atoms with van der Waals surface area (Å²) in [5.74, 6) is -0.477. The monoisotopic (exact) mass is 618 g/mol. The smallest absolute Gasteiger partial charge is 0.325 e. The van der Waals surface area contributed by atoms with Crippen molar-refractivity contribution in [1.29, 1.82) is 0 Å². The number of carbonyl (C=O) groups excluding carboxylic acids is 2. The number of esters is 1. The van der Waals surface area contributed by atoms with Gasteiger partial charge in [0.2, 0.25) is 0 Å². The Kier molecular flexibility index (Phi) is 8.65. The number of thiocarbonyl (C=S) groups is 1. The van der Waals surface area contributed by atoms with E-state index in [0.717, 1.165) is 5.56 Å². The molecule has 1 aliphatic heterocycles. The van der Waals surface area contributed by atoms with E-state index < -0.39 is 11.9 Å². The SMILES string of the molecule is COC(=O)CN1C(=S)N(c2ccc(Cl)cc2)C(=O)/C1=C/c1cc(OC)c(OCc2ccc(F)cc2)cc1Br. The van der Waals surface area contributed by atoms with E-state index in [2.05, 4.69) is 15.9 Å². The largest absolute Gasteiger partial charge is 0.493 e. The topological polar surface area (TPSA) is 68.3 Å². The summed E-state index contributed by atoms with van der Waals surface area (Å²) in [7, 11) is 2.75. The molecule has 4 rings (SSSR count). The minimum Gasteiger partial charge on any atom is -0.493 e. The number of halogens is 3. The number of amides is 1. The van der Waals surface area contributed by atoms with Gasteiger partial charge in [-0.15, -0.1) is 0 Å². The van der Waals surface area contributed by atoms with Crippen molar-refractivity contribution in [2.75, 3.05) is 25.7 Å². The standard InChI is InChI=1S/C27H21BrClFN2O5S/c1-35-23-12-17(21(28)13-24(23)37-15-16-3-7-19(30)8-4-16)11-22-26(34)32(20-9-5-18(29)6-10-20)27(38)31(22)14-25(33)36-2/h3-13H,14-15H2,1-2H3/b22-11-. The molecule has 0 N–H and O–H groups in total. The Bertz CT molecular complexity index is 1420. The van der Waals surface area contributed by atoms with Crippen LogP contribution in [0, 0.1) is 5.82 Å². The van der Waals surface area contributed by atoms with Crippen LogP contribution in [0.5, 0.6) is 11.5 Å². The number of hydrogen-bond donors (Lipinski definition) is 0. The second kappa shape index (κ2) is 11.9. The highest BCUT2D eigenvalue weighted by Crippen LogP contribution is 2.37. The summed E-state index contributed by atoms with van der Waals surface area (Å²) in [5.41, 5.74) is 2.03. The third-order valence-corrected chi connectivity index (χ3v) is 6.96. The first-order valence-corrected chi connectivity index (χ1v) is 12.7. The van der Waals surface area contributed by atoms with Gasteiger partial charge in [0.15, 0.2) is 16.6 Å². The molecular formula is C27H21BrClFN2O5S. The van der Waals surface area contributed by atoms with E-state index in [1.54, 1.807) is 54.6 Å². The molecule has 38 heavy (non-hydrogen) atoms. The maximum Gasteiger partial charge on any atom is 0.325 e. The van der Waals surface area contributed by atoms with Crippen LogP contribution in [-0.2, 0) is 20.9 Å². The molecule has 0 radical (unpaired) electrons. The zero-order valence-electron chi connectivity index (χ0n) is 20.2. The second-order valence-electron chi connectivity index (χ2n) is 8.03. The van der Waals surface area contributed by atoms with Crippen LogP contribution in [0.4, 0.5) is 10.1 Å². The van der Waals surface area contributed by atoms with Crippen molar-refractivity contribution in [2.45, 2.75) is 6.61 Å². The number of carbonyl (C=O) groups is 2. The molecule has 1 amide bonds. The molecule has 3 aromatic rings. The van der Waals surface area contributed by atoms with E-state index in [1.165, 1.54) is 36.2 Å². The number of methoxy groups -OCH3 is 2. The lowest BCUT2D eigenvalue weighted by molar-refractivity contribution is -0.140. The van der Waals surface area contributed by atoms with E-state index >= 15 is 0 Å². The molecule has 0 spiro atoms. The number of rotatable bonds is 8. The fourth-order valence-electron chi connectivity index (χ4n) is 3.67. The van der Waals surface area contributed by atoms with Gasteiger partial charge in [0, 0.05) is 9.50 Å². The fourth-order valence-corrected chi connectivity index (χ4v) is 4.58. The van der Waals surface area contributed by atoms with Crippen LogP contribution < -0.4 is 14.4 Å². The second-order valence-corrected chi connectivity index (χ2v) is 9.69. The summed E-state index contributed by atoms with van der Waals surface area (Å²) in [5, 5.41) is 0.627. The van der Waals surface area contributed by atoms with Crippen LogP contribution >= 0.6 is 39.7 Å². The molecular weight excluding hydrogens is 599 g/mol. The van der Waals surface area contributed by atoms with Gasteiger partial charge in [-0.1, -0.05) is 39.7 Å². The van der Waals surface area contributed by atoms with Crippen LogP contribution in [0.15, 0.2) is 70.8 Å². The van der Waals surface area contributed by atoms with E-state index in [9.17, 15) is 14.0 Å². The molecule has 0 bridgehead atoms. The van der Waals surface area contributed by atoms with E-state index in [1.807, 2.05) is 0 Å². The van der Waals surface area contributed by atoms with Crippen LogP contribution in [0.3, 0.4) is 0 Å². The summed E-state index contributed by atoms with van der Waals surface area (Å²) in [6.45, 7) is -0.0656. The third-order valence-electron chi connectivity index (χ3n) is 5.62. The molecule has 1 saturated heterocycles. The lowest BCUT2D eigenvalue weighted by Gasteiger charge is -2.19. The lowest BCUT2D eigenvalue weighted by atomic mass is 10.1. The molecule has 1 fully saturated rings. The maximum atomic E-state index is 13.5. The average Bonchev–Trinajstić information content (AvgIpc) is 3.13. The first-order chi connectivity index (χ1) is 18.2. The average molecular weight is 620 g/mol. The molecule has 3 aromatic carbocycles. The van der Waals surface area contributed by atoms with Crippen molar-refractivity contribution in [3.8, 4) is 11.5 Å². The van der Waals surface area contributed by atoms with Gasteiger partial charge in [0.1, 0.15) is 24.7 Å². The van der Waals surface area contributed by atoms with Crippen LogP contribution in [0.2, 0.25) is 5.02 Å². The Morgan fingerprint density at radius 1 is 1.08 bits per heavy atom. The van der Waals surface area contributed by atoms with Crippen LogP contribution in [0.25, 0.3) is 6.08 Å². The summed E-state index contributed by atoms with van der Waals surface area (Å²) >= 11 is 15.1. The van der Waals surface area contributed by atoms with Crippen molar-refractivity contribution < 1.29 is 28.2 Å². The molecule has 7 nitrogen and oxygen atoms in total. The molecule has 1 aliphatic rings. The van der Waals surface area contributed by atoms with Crippen molar-refractivity contribution in [1.82, 2.24) is 4.90 Å². The summed E-state index contributed by atoms with van der Waals surface area (Å²) in [6.07, 6.45) is 1.60. The minimum absolute atomic E-state index is 0.122. The zero-order valence-corrected chi connectivity index (χ0v) is 23.4. The van der Waals surface area contributed by atoms with Gasteiger partial charge in [-0.05, 0) is 78.0 Å². The predicted octanol–water partition coefficient (Wildman–Crippen LogP) is 5.98. The van der Waals surface area contributed by atoms with Gasteiger partial charge in [0.25, 0.3) is 5.91 Å². The molecule has 0 aromatic heterocycles. The van der Waals surface area contributed by atoms with Crippen LogP contribution in [0.1, 0.15) is 11.1 Å². The highest BCUT2D eigenvalue weighted by Gasteiger charge is 2.40. The Morgan fingerprint density at radius 2 is 1.76 bits per heavy atom. The first kappa shape index (κ1) is 27.6. The molecule has 1 heterocycles. The normalized spacial score (nSPS) is 14.3. The first-order valence-electron chi connectivity index (χ1n) is 11.2. The summed E-state index contributed by atoms with van der Waals surface area (Å²) < 4.78 is 30.0. The van der Waals surface area contributed by atoms with Gasteiger partial charge in [-0.3, -0.25) is 14.5 Å². The van der Waals surface area contributed by atoms with E-state index in [0.29, 0.717) is 32.2 Å². The van der Waals surface area contributed by atoms with E-state index in [4.69, 9.17) is 38.0 Å². The molecule has 0 saturated carbocycles. The van der Waals surface area contributed by atoms with Crippen molar-refractivity contribution in [3.05, 3.63) is 92.8 Å². The molecule has 0 aliphatic carbocycles.